The van der Waals surface area contributed by atoms with E-state index >= 15 is 0 Å². The van der Waals surface area contributed by atoms with E-state index in [-0.39, 0.29) is 53.3 Å². The van der Waals surface area contributed by atoms with Crippen LogP contribution in [0.1, 0.15) is 56.4 Å². The van der Waals surface area contributed by atoms with Gasteiger partial charge in [-0.2, -0.15) is 13.2 Å². The molecule has 36 heavy (non-hydrogen) atoms. The number of Topliss-reactive ketones (excluding diaryl/α,β-unsaturated/α-hetero) is 1. The van der Waals surface area contributed by atoms with Crippen LogP contribution in [0.3, 0.4) is 0 Å². The Balaban J connectivity index is 1.65. The van der Waals surface area contributed by atoms with Crippen molar-refractivity contribution in [3.05, 3.63) is 57.0 Å². The van der Waals surface area contributed by atoms with Crippen molar-refractivity contribution in [2.45, 2.75) is 31.9 Å². The summed E-state index contributed by atoms with van der Waals surface area (Å²) in [6.45, 7) is 1.89. The van der Waals surface area contributed by atoms with Crippen molar-refractivity contribution in [1.82, 2.24) is 19.9 Å². The molecule has 0 aliphatic carbocycles. The molecule has 3 rings (SSSR count). The Labute approximate surface area is 211 Å². The maximum atomic E-state index is 13.0. The fourth-order valence-corrected chi connectivity index (χ4v) is 3.98. The fourth-order valence-electron chi connectivity index (χ4n) is 2.91. The van der Waals surface area contributed by atoms with Crippen LogP contribution in [-0.4, -0.2) is 44.1 Å². The van der Waals surface area contributed by atoms with Crippen LogP contribution in [0, 0.1) is 0 Å². The predicted octanol–water partition coefficient (Wildman–Crippen LogP) is 3.92. The van der Waals surface area contributed by atoms with Gasteiger partial charge in [0.1, 0.15) is 28.5 Å². The lowest BCUT2D eigenvalue weighted by Gasteiger charge is -2.10. The molecule has 3 aromatic rings. The number of hydrogen-bond donors (Lipinski definition) is 3. The topological polar surface area (TPSA) is 153 Å². The first kappa shape index (κ1) is 27.1. The van der Waals surface area contributed by atoms with Crippen LogP contribution in [0.25, 0.3) is 0 Å². The average molecular weight is 542 g/mol. The minimum Gasteiger partial charge on any atom is -0.330 e. The van der Waals surface area contributed by atoms with E-state index in [1.54, 1.807) is 6.92 Å². The number of amides is 2. The first-order chi connectivity index (χ1) is 17.0. The number of nitrogens with zero attached hydrogens (tertiary/aromatic N) is 4. The number of hydrogen-bond acceptors (Lipinski definition) is 9. The monoisotopic (exact) mass is 541 g/mol. The number of pyridine rings is 1. The van der Waals surface area contributed by atoms with Crippen LogP contribution in [0.15, 0.2) is 30.9 Å². The quantitative estimate of drug-likeness (QED) is 0.345. The average Bonchev–Trinajstić information content (AvgIpc) is 3.30. The van der Waals surface area contributed by atoms with Gasteiger partial charge in [-0.1, -0.05) is 18.5 Å². The number of carbonyl (C=O) groups excluding carboxylic acids is 3. The lowest BCUT2D eigenvalue weighted by Crippen LogP contribution is -2.17. The Morgan fingerprint density at radius 2 is 1.81 bits per heavy atom. The summed E-state index contributed by atoms with van der Waals surface area (Å²) in [7, 11) is 0. The molecule has 1 unspecified atom stereocenters. The van der Waals surface area contributed by atoms with Crippen LogP contribution in [0.4, 0.5) is 24.8 Å². The molecule has 10 nitrogen and oxygen atoms in total. The van der Waals surface area contributed by atoms with Gasteiger partial charge in [0.25, 0.3) is 5.91 Å². The van der Waals surface area contributed by atoms with Crippen LogP contribution >= 0.6 is 22.9 Å². The molecule has 0 aliphatic heterocycles. The van der Waals surface area contributed by atoms with Gasteiger partial charge >= 0.3 is 6.18 Å². The van der Waals surface area contributed by atoms with Crippen molar-refractivity contribution in [2.24, 2.45) is 5.73 Å². The van der Waals surface area contributed by atoms with E-state index < -0.39 is 28.6 Å². The largest absolute Gasteiger partial charge is 0.418 e. The molecule has 3 heterocycles. The second-order valence-electron chi connectivity index (χ2n) is 7.47. The van der Waals surface area contributed by atoms with Crippen molar-refractivity contribution in [1.29, 1.82) is 0 Å². The van der Waals surface area contributed by atoms with Crippen molar-refractivity contribution >= 4 is 52.2 Å². The van der Waals surface area contributed by atoms with Crippen molar-refractivity contribution in [3.8, 4) is 0 Å². The van der Waals surface area contributed by atoms with Crippen LogP contribution in [-0.2, 0) is 11.0 Å². The van der Waals surface area contributed by atoms with Gasteiger partial charge in [-0.05, 0) is 6.07 Å². The number of nitrogens with two attached hydrogens (primary N) is 1. The summed E-state index contributed by atoms with van der Waals surface area (Å²) < 4.78 is 39.1. The van der Waals surface area contributed by atoms with Gasteiger partial charge in [-0.25, -0.2) is 19.9 Å². The molecule has 0 fully saturated rings. The molecular weight excluding hydrogens is 523 g/mol. The van der Waals surface area contributed by atoms with E-state index in [0.29, 0.717) is 11.1 Å². The standard InChI is InChI=1S/C21H19ClF3N7O3S/c1-10(4-14(33)13-6-17(30-9-29-13)31-18(34)2-3-26)20-28-8-15(36-20)19(35)32-16-5-11(21(23,24)25)12(22)7-27-16/h5-10H,2-4,26H2,1H3,(H,27,32,35)(H,29,30,31,34). The van der Waals surface area contributed by atoms with Gasteiger partial charge in [-0.15, -0.1) is 11.3 Å². The number of nitrogens with one attached hydrogen (secondary N) is 2. The van der Waals surface area contributed by atoms with E-state index in [2.05, 4.69) is 30.6 Å². The Bertz CT molecular complexity index is 1290. The molecule has 4 N–H and O–H groups in total. The number of aromatic nitrogens is 4. The van der Waals surface area contributed by atoms with Gasteiger partial charge < -0.3 is 16.4 Å². The second-order valence-corrected chi connectivity index (χ2v) is 8.94. The molecule has 0 radical (unpaired) electrons. The first-order valence-electron chi connectivity index (χ1n) is 10.3. The SMILES string of the molecule is CC(CC(=O)c1cc(NC(=O)CCN)ncn1)c1ncc(C(=O)Nc2cc(C(F)(F)F)c(Cl)cn2)s1. The molecule has 1 atom stereocenters. The summed E-state index contributed by atoms with van der Waals surface area (Å²) in [6, 6.07) is 1.98. The van der Waals surface area contributed by atoms with Crippen molar-refractivity contribution in [2.75, 3.05) is 17.2 Å². The molecule has 0 aliphatic rings. The Hall–Kier alpha value is -3.49. The summed E-state index contributed by atoms with van der Waals surface area (Å²) in [6.07, 6.45) is -1.41. The van der Waals surface area contributed by atoms with Crippen LogP contribution in [0.5, 0.6) is 0 Å². The number of thiazole rings is 1. The Morgan fingerprint density at radius 1 is 1.08 bits per heavy atom. The molecule has 0 spiro atoms. The normalized spacial score (nSPS) is 12.2. The lowest BCUT2D eigenvalue weighted by molar-refractivity contribution is -0.137. The van der Waals surface area contributed by atoms with Gasteiger partial charge in [-0.3, -0.25) is 14.4 Å². The zero-order chi connectivity index (χ0) is 26.5. The highest BCUT2D eigenvalue weighted by molar-refractivity contribution is 7.13. The van der Waals surface area contributed by atoms with Crippen molar-refractivity contribution < 1.29 is 27.6 Å². The molecule has 0 saturated carbocycles. The number of alkyl halides is 3. The molecule has 0 bridgehead atoms. The van der Waals surface area contributed by atoms with Gasteiger partial charge in [0.05, 0.1) is 21.8 Å². The molecule has 190 valence electrons. The van der Waals surface area contributed by atoms with E-state index in [1.165, 1.54) is 12.3 Å². The third-order valence-corrected chi connectivity index (χ3v) is 6.18. The molecule has 0 aromatic carbocycles. The third kappa shape index (κ3) is 7.02. The van der Waals surface area contributed by atoms with Crippen LogP contribution < -0.4 is 16.4 Å². The maximum Gasteiger partial charge on any atom is 0.418 e. The summed E-state index contributed by atoms with van der Waals surface area (Å²) in [5.74, 6) is -1.97. The summed E-state index contributed by atoms with van der Waals surface area (Å²) in [5.41, 5.74) is 4.29. The summed E-state index contributed by atoms with van der Waals surface area (Å²) in [5, 5.41) is 4.67. The number of rotatable bonds is 9. The number of ketones is 1. The third-order valence-electron chi connectivity index (χ3n) is 4.65. The molecular formula is C21H19ClF3N7O3S. The van der Waals surface area contributed by atoms with E-state index in [0.717, 1.165) is 23.9 Å². The fraction of sp³-hybridized carbons (Fsp3) is 0.286. The maximum absolute atomic E-state index is 13.0. The highest BCUT2D eigenvalue weighted by atomic mass is 35.5. The minimum absolute atomic E-state index is 0.00451. The highest BCUT2D eigenvalue weighted by Gasteiger charge is 2.34. The smallest absolute Gasteiger partial charge is 0.330 e. The molecule has 0 saturated heterocycles. The molecule has 3 aromatic heterocycles. The number of halogens is 4. The predicted molar refractivity (Wildman–Crippen MR) is 126 cm³/mol. The minimum atomic E-state index is -4.71. The Kier molecular flexibility index (Phi) is 8.66. The van der Waals surface area contributed by atoms with Crippen LogP contribution in [0.2, 0.25) is 5.02 Å². The molecule has 15 heteroatoms. The number of anilines is 2. The first-order valence-corrected chi connectivity index (χ1v) is 11.5. The van der Waals surface area contributed by atoms with E-state index in [1.807, 2.05) is 0 Å². The van der Waals surface area contributed by atoms with Gasteiger partial charge in [0, 0.05) is 37.6 Å². The van der Waals surface area contributed by atoms with Gasteiger partial charge in [0.2, 0.25) is 5.91 Å². The zero-order valence-corrected chi connectivity index (χ0v) is 20.2. The molecule has 2 amide bonds. The van der Waals surface area contributed by atoms with Crippen molar-refractivity contribution in [3.63, 3.8) is 0 Å². The second kappa shape index (κ2) is 11.5. The highest BCUT2D eigenvalue weighted by Crippen LogP contribution is 2.35. The Morgan fingerprint density at radius 3 is 2.50 bits per heavy atom. The lowest BCUT2D eigenvalue weighted by atomic mass is 10.0. The summed E-state index contributed by atoms with van der Waals surface area (Å²) >= 11 is 6.52. The van der Waals surface area contributed by atoms with Gasteiger partial charge in [0.15, 0.2) is 5.78 Å². The van der Waals surface area contributed by atoms with E-state index in [4.69, 9.17) is 17.3 Å². The van der Waals surface area contributed by atoms with E-state index in [9.17, 15) is 27.6 Å². The summed E-state index contributed by atoms with van der Waals surface area (Å²) in [4.78, 5) is 52.6. The zero-order valence-electron chi connectivity index (χ0n) is 18.6. The number of carbonyl (C=O) groups is 3.